The maximum atomic E-state index is 11.6. The first-order chi connectivity index (χ1) is 8.76. The molecule has 0 aliphatic heterocycles. The van der Waals surface area contributed by atoms with Crippen LogP contribution in [0.2, 0.25) is 0 Å². The van der Waals surface area contributed by atoms with Gasteiger partial charge < -0.3 is 9.64 Å². The van der Waals surface area contributed by atoms with Gasteiger partial charge in [-0.05, 0) is 37.1 Å². The zero-order valence-corrected chi connectivity index (χ0v) is 11.2. The lowest BCUT2D eigenvalue weighted by Crippen LogP contribution is -2.29. The predicted molar refractivity (Wildman–Crippen MR) is 73.3 cm³/mol. The van der Waals surface area contributed by atoms with E-state index >= 15 is 0 Å². The molecule has 0 radical (unpaired) electrons. The van der Waals surface area contributed by atoms with Gasteiger partial charge in [0.25, 0.3) is 0 Å². The van der Waals surface area contributed by atoms with Gasteiger partial charge in [-0.2, -0.15) is 0 Å². The van der Waals surface area contributed by atoms with Gasteiger partial charge in [-0.3, -0.25) is 4.79 Å². The summed E-state index contributed by atoms with van der Waals surface area (Å²) >= 11 is 0. The number of carbonyl (C=O) groups is 1. The van der Waals surface area contributed by atoms with Gasteiger partial charge in [0.05, 0.1) is 6.61 Å². The third-order valence-corrected chi connectivity index (χ3v) is 3.37. The Balaban J connectivity index is 2.08. The molecular formula is C15H21NO2. The number of methoxy groups -OCH3 is 1. The van der Waals surface area contributed by atoms with Crippen LogP contribution in [0.5, 0.6) is 0 Å². The molecule has 1 aliphatic carbocycles. The van der Waals surface area contributed by atoms with Crippen molar-refractivity contribution < 1.29 is 9.53 Å². The molecule has 0 unspecified atom stereocenters. The first-order valence-corrected chi connectivity index (χ1v) is 6.65. The predicted octanol–water partition coefficient (Wildman–Crippen LogP) is 2.89. The molecule has 3 nitrogen and oxygen atoms in total. The van der Waals surface area contributed by atoms with E-state index in [4.69, 9.17) is 4.74 Å². The molecule has 1 aliphatic rings. The van der Waals surface area contributed by atoms with Gasteiger partial charge >= 0.3 is 0 Å². The number of ketones is 1. The van der Waals surface area contributed by atoms with Crippen LogP contribution in [0.3, 0.4) is 0 Å². The molecule has 18 heavy (non-hydrogen) atoms. The van der Waals surface area contributed by atoms with E-state index < -0.39 is 0 Å². The Labute approximate surface area is 109 Å². The lowest BCUT2D eigenvalue weighted by molar-refractivity contribution is 0.0988. The summed E-state index contributed by atoms with van der Waals surface area (Å²) in [6.07, 6.45) is 3.09. The zero-order valence-electron chi connectivity index (χ0n) is 11.2. The fourth-order valence-electron chi connectivity index (χ4n) is 2.14. The van der Waals surface area contributed by atoms with Crippen LogP contribution in [0.25, 0.3) is 0 Å². The van der Waals surface area contributed by atoms with E-state index in [0.29, 0.717) is 12.5 Å². The van der Waals surface area contributed by atoms with Crippen molar-refractivity contribution in [1.82, 2.24) is 0 Å². The smallest absolute Gasteiger partial charge is 0.162 e. The summed E-state index contributed by atoms with van der Waals surface area (Å²) in [6, 6.07) is 8.63. The standard InChI is InChI=1S/C15H21NO2/c1-3-15(17)12-4-6-13(7-5-12)16(10-11-18-2)14-8-9-14/h4-7,14H,3,8-11H2,1-2H3. The van der Waals surface area contributed by atoms with Crippen molar-refractivity contribution >= 4 is 11.5 Å². The molecule has 0 aromatic heterocycles. The number of Topliss-reactive ketones (excluding diaryl/α,β-unsaturated/α-hetero) is 1. The molecule has 0 bridgehead atoms. The average molecular weight is 247 g/mol. The van der Waals surface area contributed by atoms with Crippen molar-refractivity contribution in [3.8, 4) is 0 Å². The molecule has 1 aromatic rings. The highest BCUT2D eigenvalue weighted by atomic mass is 16.5. The number of hydrogen-bond donors (Lipinski definition) is 0. The Bertz CT molecular complexity index is 395. The van der Waals surface area contributed by atoms with E-state index in [0.717, 1.165) is 18.7 Å². The van der Waals surface area contributed by atoms with Crippen molar-refractivity contribution in [2.45, 2.75) is 32.2 Å². The largest absolute Gasteiger partial charge is 0.383 e. The van der Waals surface area contributed by atoms with Gasteiger partial charge in [0.2, 0.25) is 0 Å². The van der Waals surface area contributed by atoms with Gasteiger partial charge in [0, 0.05) is 37.4 Å². The van der Waals surface area contributed by atoms with Crippen LogP contribution in [0, 0.1) is 0 Å². The van der Waals surface area contributed by atoms with Crippen molar-refractivity contribution in [2.75, 3.05) is 25.2 Å². The maximum Gasteiger partial charge on any atom is 0.162 e. The molecule has 3 heteroatoms. The van der Waals surface area contributed by atoms with Gasteiger partial charge in [-0.1, -0.05) is 6.92 Å². The minimum absolute atomic E-state index is 0.205. The Morgan fingerprint density at radius 2 is 2.00 bits per heavy atom. The number of carbonyl (C=O) groups excluding carboxylic acids is 1. The summed E-state index contributed by atoms with van der Waals surface area (Å²) in [7, 11) is 1.73. The molecule has 98 valence electrons. The quantitative estimate of drug-likeness (QED) is 0.694. The van der Waals surface area contributed by atoms with Crippen LogP contribution < -0.4 is 4.90 Å². The fraction of sp³-hybridized carbons (Fsp3) is 0.533. The summed E-state index contributed by atoms with van der Waals surface area (Å²) < 4.78 is 5.16. The van der Waals surface area contributed by atoms with Crippen LogP contribution in [0.15, 0.2) is 24.3 Å². The van der Waals surface area contributed by atoms with Crippen molar-refractivity contribution in [2.24, 2.45) is 0 Å². The summed E-state index contributed by atoms with van der Waals surface area (Å²) in [5.41, 5.74) is 2.01. The topological polar surface area (TPSA) is 29.5 Å². The third-order valence-electron chi connectivity index (χ3n) is 3.37. The van der Waals surface area contributed by atoms with E-state index in [9.17, 15) is 4.79 Å². The monoisotopic (exact) mass is 247 g/mol. The van der Waals surface area contributed by atoms with Gasteiger partial charge in [0.1, 0.15) is 0 Å². The summed E-state index contributed by atoms with van der Waals surface area (Å²) in [5, 5.41) is 0. The Morgan fingerprint density at radius 3 is 2.50 bits per heavy atom. The maximum absolute atomic E-state index is 11.6. The van der Waals surface area contributed by atoms with E-state index in [2.05, 4.69) is 17.0 Å². The number of rotatable bonds is 7. The SMILES string of the molecule is CCC(=O)c1ccc(N(CCOC)C2CC2)cc1. The first-order valence-electron chi connectivity index (χ1n) is 6.65. The molecule has 1 saturated carbocycles. The Morgan fingerprint density at radius 1 is 1.33 bits per heavy atom. The van der Waals surface area contributed by atoms with Crippen LogP contribution in [0.4, 0.5) is 5.69 Å². The number of anilines is 1. The van der Waals surface area contributed by atoms with E-state index in [-0.39, 0.29) is 5.78 Å². The van der Waals surface area contributed by atoms with Crippen LogP contribution in [-0.4, -0.2) is 32.1 Å². The number of hydrogen-bond acceptors (Lipinski definition) is 3. The molecule has 0 atom stereocenters. The summed E-state index contributed by atoms with van der Waals surface area (Å²) in [5.74, 6) is 0.205. The zero-order chi connectivity index (χ0) is 13.0. The number of ether oxygens (including phenoxy) is 1. The van der Waals surface area contributed by atoms with Gasteiger partial charge in [-0.25, -0.2) is 0 Å². The van der Waals surface area contributed by atoms with Crippen LogP contribution in [0.1, 0.15) is 36.5 Å². The normalized spacial score (nSPS) is 14.6. The van der Waals surface area contributed by atoms with Crippen molar-refractivity contribution in [3.63, 3.8) is 0 Å². The first kappa shape index (κ1) is 13.1. The molecular weight excluding hydrogens is 226 g/mol. The lowest BCUT2D eigenvalue weighted by Gasteiger charge is -2.24. The second kappa shape index (κ2) is 6.01. The molecule has 0 heterocycles. The lowest BCUT2D eigenvalue weighted by atomic mass is 10.1. The molecule has 0 N–H and O–H groups in total. The molecule has 0 amide bonds. The average Bonchev–Trinajstić information content (AvgIpc) is 3.24. The van der Waals surface area contributed by atoms with Crippen molar-refractivity contribution in [1.29, 1.82) is 0 Å². The molecule has 1 fully saturated rings. The molecule has 0 spiro atoms. The number of nitrogens with zero attached hydrogens (tertiary/aromatic N) is 1. The number of benzene rings is 1. The van der Waals surface area contributed by atoms with Crippen LogP contribution in [-0.2, 0) is 4.74 Å². The molecule has 2 rings (SSSR count). The van der Waals surface area contributed by atoms with Crippen molar-refractivity contribution in [3.05, 3.63) is 29.8 Å². The van der Waals surface area contributed by atoms with Crippen LogP contribution >= 0.6 is 0 Å². The third kappa shape index (κ3) is 3.10. The highest BCUT2D eigenvalue weighted by molar-refractivity contribution is 5.96. The van der Waals surface area contributed by atoms with Gasteiger partial charge in [-0.15, -0.1) is 0 Å². The molecule has 0 saturated heterocycles. The van der Waals surface area contributed by atoms with Gasteiger partial charge in [0.15, 0.2) is 5.78 Å². The van der Waals surface area contributed by atoms with E-state index in [1.54, 1.807) is 7.11 Å². The fourth-order valence-corrected chi connectivity index (χ4v) is 2.14. The summed E-state index contributed by atoms with van der Waals surface area (Å²) in [6.45, 7) is 3.56. The minimum Gasteiger partial charge on any atom is -0.383 e. The minimum atomic E-state index is 0.205. The Hall–Kier alpha value is -1.35. The Kier molecular flexibility index (Phi) is 4.37. The highest BCUT2D eigenvalue weighted by Crippen LogP contribution is 2.31. The second-order valence-electron chi connectivity index (χ2n) is 4.74. The molecule has 1 aromatic carbocycles. The van der Waals surface area contributed by atoms with E-state index in [1.165, 1.54) is 18.5 Å². The second-order valence-corrected chi connectivity index (χ2v) is 4.74. The van der Waals surface area contributed by atoms with E-state index in [1.807, 2.05) is 19.1 Å². The summed E-state index contributed by atoms with van der Waals surface area (Å²) in [4.78, 5) is 14.0. The highest BCUT2D eigenvalue weighted by Gasteiger charge is 2.28.